The standard InChI is InChI=1S/C18H24N6O10S2/c1-8(26)18(2,3)34-22-12(10-7-35-16(19)20-10)14(27)21-13-11(24(15(13)28)36(30,31)32)5-23-4-9(6-25)33-17(23)29/h7,9,11,13,25-26H,1,4-6H2,2-3H3,(H2,19,20)(H,21,27)(H,30,31,32)/b22-12-/t9-,11+,13-/m0/s1. The van der Waals surface area contributed by atoms with Crippen molar-refractivity contribution in [2.45, 2.75) is 37.6 Å². The van der Waals surface area contributed by atoms with E-state index in [9.17, 15) is 37.6 Å². The van der Waals surface area contributed by atoms with Gasteiger partial charge in [0.25, 0.3) is 11.8 Å². The summed E-state index contributed by atoms with van der Waals surface area (Å²) in [5.41, 5.74) is 3.71. The SMILES string of the molecule is C=C(O)C(C)(C)O/N=C(\C(=O)N[C@@H]1C(=O)N(S(=O)(=O)O)[C@@H]1CN1C[C@@H](CO)OC1=O)c1csc(N)n1. The highest BCUT2D eigenvalue weighted by atomic mass is 32.2. The first-order valence-electron chi connectivity index (χ1n) is 10.2. The summed E-state index contributed by atoms with van der Waals surface area (Å²) < 4.78 is 38.0. The Kier molecular flexibility index (Phi) is 7.44. The fraction of sp³-hybridized carbons (Fsp3) is 0.500. The molecule has 3 amide bonds. The van der Waals surface area contributed by atoms with Gasteiger partial charge in [0.2, 0.25) is 0 Å². The number of ether oxygens (including phenoxy) is 1. The normalized spacial score (nSPS) is 22.8. The fourth-order valence-electron chi connectivity index (χ4n) is 3.21. The molecule has 0 saturated carbocycles. The minimum atomic E-state index is -5.03. The molecule has 6 N–H and O–H groups in total. The lowest BCUT2D eigenvalue weighted by atomic mass is 9.97. The smallest absolute Gasteiger partial charge is 0.410 e. The van der Waals surface area contributed by atoms with Crippen LogP contribution in [0.4, 0.5) is 9.93 Å². The number of carbonyl (C=O) groups excluding carboxylic acids is 3. The van der Waals surface area contributed by atoms with E-state index in [4.69, 9.17) is 15.3 Å². The Morgan fingerprint density at radius 1 is 1.47 bits per heavy atom. The van der Waals surface area contributed by atoms with E-state index in [0.717, 1.165) is 16.2 Å². The lowest BCUT2D eigenvalue weighted by Crippen LogP contribution is -2.74. The van der Waals surface area contributed by atoms with Crippen LogP contribution in [0.5, 0.6) is 0 Å². The van der Waals surface area contributed by atoms with Gasteiger partial charge in [0.05, 0.1) is 19.2 Å². The zero-order chi connectivity index (χ0) is 27.0. The van der Waals surface area contributed by atoms with Gasteiger partial charge in [0, 0.05) is 11.9 Å². The van der Waals surface area contributed by atoms with E-state index in [-0.39, 0.29) is 21.7 Å². The van der Waals surface area contributed by atoms with Crippen LogP contribution in [0.1, 0.15) is 19.5 Å². The molecule has 0 aliphatic carbocycles. The number of nitrogens with one attached hydrogen (secondary N) is 1. The van der Waals surface area contributed by atoms with Gasteiger partial charge in [-0.2, -0.15) is 8.42 Å². The number of nitrogens with zero attached hydrogens (tertiary/aromatic N) is 4. The van der Waals surface area contributed by atoms with Crippen molar-refractivity contribution in [2.24, 2.45) is 5.16 Å². The number of nitrogens with two attached hydrogens (primary N) is 1. The molecule has 198 valence electrons. The van der Waals surface area contributed by atoms with Gasteiger partial charge in [-0.3, -0.25) is 14.1 Å². The first kappa shape index (κ1) is 27.1. The van der Waals surface area contributed by atoms with Crippen LogP contribution in [0, 0.1) is 0 Å². The van der Waals surface area contributed by atoms with Crippen LogP contribution in [-0.2, 0) is 29.5 Å². The highest BCUT2D eigenvalue weighted by Gasteiger charge is 2.55. The van der Waals surface area contributed by atoms with Gasteiger partial charge in [-0.15, -0.1) is 11.3 Å². The van der Waals surface area contributed by atoms with Gasteiger partial charge in [-0.05, 0) is 13.8 Å². The zero-order valence-electron chi connectivity index (χ0n) is 19.0. The summed E-state index contributed by atoms with van der Waals surface area (Å²) in [6.45, 7) is 5.13. The molecule has 0 aromatic carbocycles. The van der Waals surface area contributed by atoms with E-state index in [1.807, 2.05) is 0 Å². The van der Waals surface area contributed by atoms with Crippen molar-refractivity contribution in [1.29, 1.82) is 0 Å². The second-order valence-corrected chi connectivity index (χ2v) is 10.5. The van der Waals surface area contributed by atoms with E-state index >= 15 is 0 Å². The molecule has 2 aliphatic rings. The van der Waals surface area contributed by atoms with E-state index in [2.05, 4.69) is 22.0 Å². The van der Waals surface area contributed by atoms with Crippen LogP contribution >= 0.6 is 11.3 Å². The summed E-state index contributed by atoms with van der Waals surface area (Å²) >= 11 is 0.974. The number of cyclic esters (lactones) is 1. The van der Waals surface area contributed by atoms with E-state index in [1.165, 1.54) is 19.2 Å². The number of rotatable bonds is 10. The van der Waals surface area contributed by atoms with Crippen LogP contribution in [0.25, 0.3) is 0 Å². The maximum Gasteiger partial charge on any atom is 0.410 e. The molecule has 1 aromatic rings. The largest absolute Gasteiger partial charge is 0.509 e. The van der Waals surface area contributed by atoms with Crippen molar-refractivity contribution < 1.29 is 47.1 Å². The molecule has 3 rings (SSSR count). The molecule has 2 fully saturated rings. The second-order valence-electron chi connectivity index (χ2n) is 8.28. The molecule has 1 aromatic heterocycles. The molecule has 3 atom stereocenters. The Morgan fingerprint density at radius 2 is 2.14 bits per heavy atom. The van der Waals surface area contributed by atoms with Crippen molar-refractivity contribution >= 4 is 50.4 Å². The number of aliphatic hydroxyl groups is 2. The number of oxime groups is 1. The Bertz CT molecular complexity index is 1210. The summed E-state index contributed by atoms with van der Waals surface area (Å²) in [5.74, 6) is -2.61. The highest BCUT2D eigenvalue weighted by Crippen LogP contribution is 2.27. The van der Waals surface area contributed by atoms with E-state index < -0.39 is 76.6 Å². The molecular weight excluding hydrogens is 524 g/mol. The fourth-order valence-corrected chi connectivity index (χ4v) is 4.63. The monoisotopic (exact) mass is 548 g/mol. The van der Waals surface area contributed by atoms with Gasteiger partial charge in [-0.25, -0.2) is 14.1 Å². The van der Waals surface area contributed by atoms with Crippen LogP contribution in [0.15, 0.2) is 22.9 Å². The number of nitrogen functional groups attached to an aromatic ring is 1. The van der Waals surface area contributed by atoms with Crippen LogP contribution in [0.3, 0.4) is 0 Å². The second kappa shape index (κ2) is 9.88. The average molecular weight is 549 g/mol. The Balaban J connectivity index is 1.86. The molecule has 3 heterocycles. The summed E-state index contributed by atoms with van der Waals surface area (Å²) in [5, 5.41) is 26.3. The first-order valence-corrected chi connectivity index (χ1v) is 12.5. The predicted octanol–water partition coefficient (Wildman–Crippen LogP) is -1.39. The molecule has 0 radical (unpaired) electrons. The number of aromatic nitrogens is 1. The Hall–Kier alpha value is -3.48. The number of thiazole rings is 1. The average Bonchev–Trinajstić information content (AvgIpc) is 3.35. The minimum absolute atomic E-state index is 0.0433. The van der Waals surface area contributed by atoms with Crippen molar-refractivity contribution in [3.8, 4) is 0 Å². The molecule has 2 aliphatic heterocycles. The number of hydrogen-bond acceptors (Lipinski definition) is 13. The third-order valence-corrected chi connectivity index (χ3v) is 6.93. The summed E-state index contributed by atoms with van der Waals surface area (Å²) in [4.78, 5) is 47.8. The van der Waals surface area contributed by atoms with Gasteiger partial charge in [-0.1, -0.05) is 11.7 Å². The molecule has 0 spiro atoms. The maximum atomic E-state index is 13.1. The lowest BCUT2D eigenvalue weighted by Gasteiger charge is -2.45. The molecule has 2 saturated heterocycles. The topological polar surface area (TPSA) is 234 Å². The zero-order valence-corrected chi connectivity index (χ0v) is 20.7. The van der Waals surface area contributed by atoms with Gasteiger partial charge in [0.1, 0.15) is 23.6 Å². The Labute approximate surface area is 208 Å². The van der Waals surface area contributed by atoms with Crippen molar-refractivity contribution in [2.75, 3.05) is 25.4 Å². The Morgan fingerprint density at radius 3 is 2.64 bits per heavy atom. The minimum Gasteiger partial charge on any atom is -0.509 e. The first-order chi connectivity index (χ1) is 16.7. The molecule has 0 bridgehead atoms. The highest BCUT2D eigenvalue weighted by molar-refractivity contribution is 7.84. The third kappa shape index (κ3) is 5.50. The molecule has 0 unspecified atom stereocenters. The number of aliphatic hydroxyl groups excluding tert-OH is 2. The number of β-lactam (4-membered cyclic amide) rings is 1. The summed E-state index contributed by atoms with van der Waals surface area (Å²) in [7, 11) is -5.03. The maximum absolute atomic E-state index is 13.1. The number of anilines is 1. The van der Waals surface area contributed by atoms with Crippen molar-refractivity contribution in [3.05, 3.63) is 23.4 Å². The predicted molar refractivity (Wildman–Crippen MR) is 123 cm³/mol. The number of carbonyl (C=O) groups is 3. The van der Waals surface area contributed by atoms with Crippen molar-refractivity contribution in [1.82, 2.24) is 19.5 Å². The molecule has 18 heteroatoms. The third-order valence-electron chi connectivity index (χ3n) is 5.30. The van der Waals surface area contributed by atoms with Gasteiger partial charge in [0.15, 0.2) is 16.4 Å². The quantitative estimate of drug-likeness (QED) is 0.0747. The summed E-state index contributed by atoms with van der Waals surface area (Å²) in [6.07, 6.45) is -1.75. The van der Waals surface area contributed by atoms with Gasteiger partial charge < -0.3 is 35.7 Å². The molecule has 16 nitrogen and oxygen atoms in total. The van der Waals surface area contributed by atoms with Crippen LogP contribution in [0.2, 0.25) is 0 Å². The van der Waals surface area contributed by atoms with Crippen molar-refractivity contribution in [3.63, 3.8) is 0 Å². The van der Waals surface area contributed by atoms with Gasteiger partial charge >= 0.3 is 16.4 Å². The van der Waals surface area contributed by atoms with E-state index in [0.29, 0.717) is 0 Å². The number of hydrogen-bond donors (Lipinski definition) is 5. The van der Waals surface area contributed by atoms with E-state index in [1.54, 1.807) is 0 Å². The lowest BCUT2D eigenvalue weighted by molar-refractivity contribution is -0.145. The van der Waals surface area contributed by atoms with Crippen LogP contribution < -0.4 is 11.1 Å². The molecule has 36 heavy (non-hydrogen) atoms. The number of amides is 3. The van der Waals surface area contributed by atoms with Crippen LogP contribution in [-0.4, -0.2) is 104 Å². The molecular formula is C18H24N6O10S2. The summed E-state index contributed by atoms with van der Waals surface area (Å²) in [6, 6.07) is -2.92.